The maximum Gasteiger partial charge on any atom is 1.00 e. The molecule has 1 aliphatic carbocycles. The second kappa shape index (κ2) is 5.70. The number of rotatable bonds is 4. The largest absolute Gasteiger partial charge is 1.00 e. The molecule has 1 saturated heterocycles. The molecular formula is C13H13LiN6O2. The summed E-state index contributed by atoms with van der Waals surface area (Å²) in [5.41, 5.74) is 0.668. The van der Waals surface area contributed by atoms with E-state index in [2.05, 4.69) is 25.2 Å². The van der Waals surface area contributed by atoms with Gasteiger partial charge in [-0.1, -0.05) is 5.21 Å². The summed E-state index contributed by atoms with van der Waals surface area (Å²) < 4.78 is 1.43. The molecule has 0 N–H and O–H groups in total. The van der Waals surface area contributed by atoms with Crippen molar-refractivity contribution in [1.29, 1.82) is 0 Å². The number of aromatic nitrogens is 5. The number of aromatic carboxylic acids is 1. The first-order valence-electron chi connectivity index (χ1n) is 6.86. The van der Waals surface area contributed by atoms with E-state index < -0.39 is 5.97 Å². The summed E-state index contributed by atoms with van der Waals surface area (Å²) >= 11 is 0. The Morgan fingerprint density at radius 1 is 1.27 bits per heavy atom. The van der Waals surface area contributed by atoms with Gasteiger partial charge in [0, 0.05) is 31.0 Å². The molecule has 8 nitrogen and oxygen atoms in total. The Hall–Kier alpha value is -1.91. The van der Waals surface area contributed by atoms with E-state index in [1.807, 2.05) is 0 Å². The molecule has 0 aromatic carbocycles. The average Bonchev–Trinajstić information content (AvgIpc) is 2.90. The molecule has 4 rings (SSSR count). The number of hydrogen-bond donors (Lipinski definition) is 0. The van der Waals surface area contributed by atoms with Gasteiger partial charge in [0.1, 0.15) is 5.69 Å². The van der Waals surface area contributed by atoms with Crippen LogP contribution < -0.4 is 28.9 Å². The van der Waals surface area contributed by atoms with E-state index in [1.54, 1.807) is 12.4 Å². The van der Waals surface area contributed by atoms with Crippen LogP contribution in [0.5, 0.6) is 0 Å². The van der Waals surface area contributed by atoms with Crippen LogP contribution in [0.25, 0.3) is 0 Å². The minimum atomic E-state index is -1.33. The van der Waals surface area contributed by atoms with Crippen LogP contribution in [0.3, 0.4) is 0 Å². The SMILES string of the molecule is O=C([O-])c1cn(Cc2cnc(N3CC4CC4C3)nc2)nn1.[Li+]. The minimum absolute atomic E-state index is 0. The zero-order chi connectivity index (χ0) is 14.4. The normalized spacial score (nSPS) is 22.1. The third kappa shape index (κ3) is 2.84. The summed E-state index contributed by atoms with van der Waals surface area (Å²) in [7, 11) is 0. The van der Waals surface area contributed by atoms with Crippen LogP contribution in [0.2, 0.25) is 0 Å². The Kier molecular flexibility index (Phi) is 3.89. The van der Waals surface area contributed by atoms with Crippen LogP contribution in [0.15, 0.2) is 18.6 Å². The zero-order valence-electron chi connectivity index (χ0n) is 12.2. The monoisotopic (exact) mass is 292 g/mol. The molecule has 9 heteroatoms. The van der Waals surface area contributed by atoms with Gasteiger partial charge in [-0.25, -0.2) is 14.6 Å². The van der Waals surface area contributed by atoms with Crippen LogP contribution in [0.4, 0.5) is 5.95 Å². The Bertz CT molecular complexity index is 678. The molecule has 0 radical (unpaired) electrons. The summed E-state index contributed by atoms with van der Waals surface area (Å²) in [6.07, 6.45) is 6.16. The van der Waals surface area contributed by atoms with E-state index in [0.717, 1.165) is 36.4 Å². The molecule has 22 heavy (non-hydrogen) atoms. The Morgan fingerprint density at radius 2 is 1.95 bits per heavy atom. The fourth-order valence-electron chi connectivity index (χ4n) is 2.81. The second-order valence-electron chi connectivity index (χ2n) is 5.64. The van der Waals surface area contributed by atoms with Gasteiger partial charge in [0.15, 0.2) is 0 Å². The second-order valence-corrected chi connectivity index (χ2v) is 5.64. The van der Waals surface area contributed by atoms with Gasteiger partial charge >= 0.3 is 18.9 Å². The smallest absolute Gasteiger partial charge is 0.543 e. The predicted molar refractivity (Wildman–Crippen MR) is 69.3 cm³/mol. The topological polar surface area (TPSA) is 99.9 Å². The maximum absolute atomic E-state index is 10.6. The molecule has 0 amide bonds. The third-order valence-electron chi connectivity index (χ3n) is 4.05. The average molecular weight is 292 g/mol. The molecule has 108 valence electrons. The standard InChI is InChI=1S/C13H14N6O2.Li/c20-12(21)11-7-19(17-16-11)4-8-2-14-13(15-3-8)18-5-9-1-10(9)6-18;/h2-3,7,9-10H,1,4-6H2,(H,20,21);/q;+1/p-1. The molecule has 1 aliphatic heterocycles. The fourth-order valence-corrected chi connectivity index (χ4v) is 2.81. The Balaban J connectivity index is 0.00000144. The number of piperidine rings is 1. The fraction of sp³-hybridized carbons (Fsp3) is 0.462. The van der Waals surface area contributed by atoms with Crippen molar-refractivity contribution < 1.29 is 28.8 Å². The van der Waals surface area contributed by atoms with E-state index in [0.29, 0.717) is 6.54 Å². The van der Waals surface area contributed by atoms with E-state index in [4.69, 9.17) is 0 Å². The number of fused-ring (bicyclic) bond motifs is 1. The maximum atomic E-state index is 10.6. The molecule has 2 fully saturated rings. The number of carboxylic acids is 1. The van der Waals surface area contributed by atoms with Crippen LogP contribution in [-0.2, 0) is 6.54 Å². The first-order valence-corrected chi connectivity index (χ1v) is 6.86. The number of anilines is 1. The van der Waals surface area contributed by atoms with E-state index in [1.165, 1.54) is 17.3 Å². The predicted octanol–water partition coefficient (Wildman–Crippen LogP) is -4.06. The molecule has 0 bridgehead atoms. The van der Waals surface area contributed by atoms with Crippen LogP contribution >= 0.6 is 0 Å². The molecule has 1 saturated carbocycles. The number of carbonyl (C=O) groups is 1. The molecular weight excluding hydrogens is 279 g/mol. The number of hydrogen-bond acceptors (Lipinski definition) is 7. The van der Waals surface area contributed by atoms with Crippen molar-refractivity contribution in [2.24, 2.45) is 11.8 Å². The van der Waals surface area contributed by atoms with E-state index in [9.17, 15) is 9.90 Å². The van der Waals surface area contributed by atoms with Crippen LogP contribution in [0, 0.1) is 11.8 Å². The van der Waals surface area contributed by atoms with Crippen LogP contribution in [0.1, 0.15) is 22.5 Å². The molecule has 2 aromatic heterocycles. The zero-order valence-corrected chi connectivity index (χ0v) is 12.2. The summed E-state index contributed by atoms with van der Waals surface area (Å²) in [5, 5.41) is 17.9. The van der Waals surface area contributed by atoms with Gasteiger partial charge in [0.25, 0.3) is 0 Å². The van der Waals surface area contributed by atoms with Gasteiger partial charge < -0.3 is 14.8 Å². The quantitative estimate of drug-likeness (QED) is 0.529. The molecule has 2 aliphatic rings. The Morgan fingerprint density at radius 3 is 2.55 bits per heavy atom. The van der Waals surface area contributed by atoms with Gasteiger partial charge in [-0.05, 0) is 18.3 Å². The summed E-state index contributed by atoms with van der Waals surface area (Å²) in [6, 6.07) is 0. The van der Waals surface area contributed by atoms with Gasteiger partial charge in [-0.2, -0.15) is 0 Å². The van der Waals surface area contributed by atoms with Crippen molar-refractivity contribution in [3.8, 4) is 0 Å². The van der Waals surface area contributed by atoms with Crippen LogP contribution in [-0.4, -0.2) is 44.0 Å². The van der Waals surface area contributed by atoms with Gasteiger partial charge in [-0.15, -0.1) is 5.10 Å². The third-order valence-corrected chi connectivity index (χ3v) is 4.05. The van der Waals surface area contributed by atoms with Gasteiger partial charge in [0.2, 0.25) is 5.95 Å². The molecule has 0 spiro atoms. The minimum Gasteiger partial charge on any atom is -0.543 e. The van der Waals surface area contributed by atoms with Crippen molar-refractivity contribution in [3.05, 3.63) is 29.8 Å². The van der Waals surface area contributed by atoms with Crippen molar-refractivity contribution in [2.45, 2.75) is 13.0 Å². The number of carbonyl (C=O) groups excluding carboxylic acids is 1. The van der Waals surface area contributed by atoms with Crippen molar-refractivity contribution in [2.75, 3.05) is 18.0 Å². The molecule has 2 unspecified atom stereocenters. The molecule has 2 atom stereocenters. The van der Waals surface area contributed by atoms with Crippen molar-refractivity contribution in [3.63, 3.8) is 0 Å². The van der Waals surface area contributed by atoms with E-state index in [-0.39, 0.29) is 24.6 Å². The van der Waals surface area contributed by atoms with Gasteiger partial charge in [-0.3, -0.25) is 0 Å². The summed E-state index contributed by atoms with van der Waals surface area (Å²) in [5.74, 6) is 1.11. The first-order chi connectivity index (χ1) is 10.2. The summed E-state index contributed by atoms with van der Waals surface area (Å²) in [6.45, 7) is 2.50. The van der Waals surface area contributed by atoms with E-state index >= 15 is 0 Å². The van der Waals surface area contributed by atoms with Gasteiger partial charge in [0.05, 0.1) is 18.7 Å². The Labute approximate surface area is 138 Å². The summed E-state index contributed by atoms with van der Waals surface area (Å²) in [4.78, 5) is 21.6. The molecule has 2 aromatic rings. The van der Waals surface area contributed by atoms with Crippen molar-refractivity contribution >= 4 is 11.9 Å². The van der Waals surface area contributed by atoms with Crippen molar-refractivity contribution in [1.82, 2.24) is 25.0 Å². The molecule has 3 heterocycles. The number of carboxylic acid groups (broad SMARTS) is 1. The number of nitrogens with zero attached hydrogens (tertiary/aromatic N) is 6. The first kappa shape index (κ1) is 15.0.